The van der Waals surface area contributed by atoms with Crippen LogP contribution >= 0.6 is 0 Å². The molecule has 1 rings (SSSR count). The van der Waals surface area contributed by atoms with Crippen molar-refractivity contribution in [1.82, 2.24) is 4.90 Å². The van der Waals surface area contributed by atoms with Gasteiger partial charge in [-0.1, -0.05) is 6.92 Å². The molecule has 0 radical (unpaired) electrons. The van der Waals surface area contributed by atoms with Crippen LogP contribution in [0.15, 0.2) is 0 Å². The van der Waals surface area contributed by atoms with E-state index in [1.807, 2.05) is 0 Å². The van der Waals surface area contributed by atoms with Gasteiger partial charge in [0, 0.05) is 18.9 Å². The lowest BCUT2D eigenvalue weighted by Gasteiger charge is -2.24. The zero-order chi connectivity index (χ0) is 12.3. The third-order valence-corrected chi connectivity index (χ3v) is 2.87. The molecule has 0 bridgehead atoms. The largest absolute Gasteiger partial charge is 0.480 e. The summed E-state index contributed by atoms with van der Waals surface area (Å²) in [5.41, 5.74) is 5.35. The maximum Gasteiger partial charge on any atom is 0.326 e. The van der Waals surface area contributed by atoms with E-state index >= 15 is 0 Å². The number of likely N-dealkylation sites (tertiary alicyclic amines) is 1. The summed E-state index contributed by atoms with van der Waals surface area (Å²) in [5, 5.41) is 18.3. The van der Waals surface area contributed by atoms with Crippen molar-refractivity contribution < 1.29 is 19.8 Å². The van der Waals surface area contributed by atoms with Gasteiger partial charge in [0.25, 0.3) is 0 Å². The molecule has 6 heteroatoms. The van der Waals surface area contributed by atoms with Crippen molar-refractivity contribution in [2.75, 3.05) is 13.1 Å². The molecule has 1 amide bonds. The van der Waals surface area contributed by atoms with E-state index in [4.69, 9.17) is 10.8 Å². The topological polar surface area (TPSA) is 104 Å². The smallest absolute Gasteiger partial charge is 0.326 e. The molecule has 0 aromatic heterocycles. The second kappa shape index (κ2) is 5.27. The number of carboxylic acids is 1. The Morgan fingerprint density at radius 3 is 2.69 bits per heavy atom. The molecule has 1 aliphatic rings. The highest BCUT2D eigenvalue weighted by atomic mass is 16.4. The van der Waals surface area contributed by atoms with E-state index in [0.29, 0.717) is 13.0 Å². The predicted molar refractivity (Wildman–Crippen MR) is 56.6 cm³/mol. The van der Waals surface area contributed by atoms with Gasteiger partial charge in [-0.3, -0.25) is 4.79 Å². The van der Waals surface area contributed by atoms with Crippen LogP contribution in [-0.4, -0.2) is 52.2 Å². The highest BCUT2D eigenvalue weighted by Gasteiger charge is 2.39. The average Bonchev–Trinajstić information content (AvgIpc) is 2.59. The SMILES string of the molecule is CC(CCN)C(=O)N1C[C@@H](O)C[C@H]1C(=O)O. The molecule has 0 aliphatic carbocycles. The third kappa shape index (κ3) is 2.70. The van der Waals surface area contributed by atoms with Gasteiger partial charge in [0.1, 0.15) is 6.04 Å². The molecule has 0 aromatic rings. The van der Waals surface area contributed by atoms with Crippen LogP contribution in [0.2, 0.25) is 0 Å². The minimum atomic E-state index is -1.06. The number of rotatable bonds is 4. The fraction of sp³-hybridized carbons (Fsp3) is 0.800. The molecule has 0 aromatic carbocycles. The Morgan fingerprint density at radius 2 is 2.19 bits per heavy atom. The van der Waals surface area contributed by atoms with Crippen LogP contribution in [0.3, 0.4) is 0 Å². The van der Waals surface area contributed by atoms with Crippen LogP contribution in [-0.2, 0) is 9.59 Å². The second-order valence-electron chi connectivity index (χ2n) is 4.21. The number of carboxylic acid groups (broad SMARTS) is 1. The van der Waals surface area contributed by atoms with E-state index in [0.717, 1.165) is 0 Å². The van der Waals surface area contributed by atoms with E-state index in [2.05, 4.69) is 0 Å². The molecule has 92 valence electrons. The number of nitrogens with two attached hydrogens (primary N) is 1. The van der Waals surface area contributed by atoms with Gasteiger partial charge < -0.3 is 20.8 Å². The van der Waals surface area contributed by atoms with Crippen molar-refractivity contribution in [1.29, 1.82) is 0 Å². The fourth-order valence-electron chi connectivity index (χ4n) is 1.95. The number of hydrogen-bond donors (Lipinski definition) is 3. The Balaban J connectivity index is 2.70. The number of carbonyl (C=O) groups is 2. The van der Waals surface area contributed by atoms with Gasteiger partial charge >= 0.3 is 5.97 Å². The molecule has 1 aliphatic heterocycles. The van der Waals surface area contributed by atoms with E-state index in [1.54, 1.807) is 6.92 Å². The molecule has 0 saturated carbocycles. The van der Waals surface area contributed by atoms with Gasteiger partial charge in [-0.05, 0) is 13.0 Å². The van der Waals surface area contributed by atoms with Crippen LogP contribution in [0.25, 0.3) is 0 Å². The lowest BCUT2D eigenvalue weighted by atomic mass is 10.1. The zero-order valence-corrected chi connectivity index (χ0v) is 9.30. The van der Waals surface area contributed by atoms with E-state index in [1.165, 1.54) is 4.90 Å². The van der Waals surface area contributed by atoms with Crippen LogP contribution in [0, 0.1) is 5.92 Å². The Bertz CT molecular complexity index is 282. The van der Waals surface area contributed by atoms with Gasteiger partial charge in [0.15, 0.2) is 0 Å². The Hall–Kier alpha value is -1.14. The van der Waals surface area contributed by atoms with Gasteiger partial charge in [-0.15, -0.1) is 0 Å². The Kier molecular flexibility index (Phi) is 4.26. The van der Waals surface area contributed by atoms with Crippen molar-refractivity contribution in [3.05, 3.63) is 0 Å². The first kappa shape index (κ1) is 12.9. The van der Waals surface area contributed by atoms with Crippen molar-refractivity contribution in [2.45, 2.75) is 31.9 Å². The highest BCUT2D eigenvalue weighted by Crippen LogP contribution is 2.21. The lowest BCUT2D eigenvalue weighted by molar-refractivity contribution is -0.149. The lowest BCUT2D eigenvalue weighted by Crippen LogP contribution is -2.43. The van der Waals surface area contributed by atoms with Gasteiger partial charge in [0.05, 0.1) is 6.10 Å². The van der Waals surface area contributed by atoms with Crippen molar-refractivity contribution in [3.63, 3.8) is 0 Å². The number of β-amino-alcohol motifs (C(OH)–C–C–N with tert-alkyl or cyclic N) is 1. The van der Waals surface area contributed by atoms with E-state index in [-0.39, 0.29) is 24.8 Å². The number of hydrogen-bond acceptors (Lipinski definition) is 4. The minimum absolute atomic E-state index is 0.102. The summed E-state index contributed by atoms with van der Waals surface area (Å²) in [6, 6.07) is -0.900. The van der Waals surface area contributed by atoms with Gasteiger partial charge in [-0.2, -0.15) is 0 Å². The summed E-state index contributed by atoms with van der Waals surface area (Å²) in [7, 11) is 0. The zero-order valence-electron chi connectivity index (χ0n) is 9.30. The summed E-state index contributed by atoms with van der Waals surface area (Å²) in [4.78, 5) is 24.0. The predicted octanol–water partition coefficient (Wildman–Crippen LogP) is -0.982. The molecule has 1 fully saturated rings. The van der Waals surface area contributed by atoms with Crippen molar-refractivity contribution >= 4 is 11.9 Å². The summed E-state index contributed by atoms with van der Waals surface area (Å²) in [5.74, 6) is -1.60. The number of nitrogens with zero attached hydrogens (tertiary/aromatic N) is 1. The number of aliphatic carboxylic acids is 1. The van der Waals surface area contributed by atoms with Gasteiger partial charge in [0.2, 0.25) is 5.91 Å². The van der Waals surface area contributed by atoms with E-state index in [9.17, 15) is 14.7 Å². The van der Waals surface area contributed by atoms with Crippen molar-refractivity contribution in [2.24, 2.45) is 11.7 Å². The van der Waals surface area contributed by atoms with Crippen LogP contribution < -0.4 is 5.73 Å². The number of aliphatic hydroxyl groups is 1. The minimum Gasteiger partial charge on any atom is -0.480 e. The molecule has 16 heavy (non-hydrogen) atoms. The summed E-state index contributed by atoms with van der Waals surface area (Å²) in [6.45, 7) is 2.21. The Labute approximate surface area is 94.0 Å². The molecule has 1 unspecified atom stereocenters. The van der Waals surface area contributed by atoms with Crippen LogP contribution in [0.5, 0.6) is 0 Å². The van der Waals surface area contributed by atoms with Gasteiger partial charge in [-0.25, -0.2) is 4.79 Å². The molecule has 4 N–H and O–H groups in total. The standard InChI is InChI=1S/C10H18N2O4/c1-6(2-3-11)9(14)12-5-7(13)4-8(12)10(15)16/h6-8,13H,2-5,11H2,1H3,(H,15,16)/t6?,7-,8-/m0/s1. The number of carbonyl (C=O) groups excluding carboxylic acids is 1. The molecule has 1 saturated heterocycles. The molecular weight excluding hydrogens is 212 g/mol. The molecule has 0 spiro atoms. The number of amides is 1. The van der Waals surface area contributed by atoms with Crippen LogP contribution in [0.1, 0.15) is 19.8 Å². The second-order valence-corrected chi connectivity index (χ2v) is 4.21. The molecular formula is C10H18N2O4. The van der Waals surface area contributed by atoms with Crippen LogP contribution in [0.4, 0.5) is 0 Å². The Morgan fingerprint density at radius 1 is 1.56 bits per heavy atom. The highest BCUT2D eigenvalue weighted by molar-refractivity contribution is 5.85. The normalized spacial score (nSPS) is 26.8. The monoisotopic (exact) mass is 230 g/mol. The fourth-order valence-corrected chi connectivity index (χ4v) is 1.95. The first-order chi connectivity index (χ1) is 7.47. The number of aliphatic hydroxyl groups excluding tert-OH is 1. The summed E-state index contributed by atoms with van der Waals surface area (Å²) >= 11 is 0. The summed E-state index contributed by atoms with van der Waals surface area (Å²) in [6.07, 6.45) is -0.108. The van der Waals surface area contributed by atoms with E-state index < -0.39 is 18.1 Å². The first-order valence-electron chi connectivity index (χ1n) is 5.38. The van der Waals surface area contributed by atoms with Crippen molar-refractivity contribution in [3.8, 4) is 0 Å². The maximum atomic E-state index is 11.9. The summed E-state index contributed by atoms with van der Waals surface area (Å²) < 4.78 is 0. The quantitative estimate of drug-likeness (QED) is 0.575. The first-order valence-corrected chi connectivity index (χ1v) is 5.38. The molecule has 3 atom stereocenters. The maximum absolute atomic E-state index is 11.9. The third-order valence-electron chi connectivity index (χ3n) is 2.87. The molecule has 1 heterocycles. The average molecular weight is 230 g/mol. The molecule has 6 nitrogen and oxygen atoms in total.